The molecule has 2 aromatic rings. The van der Waals surface area contributed by atoms with Crippen molar-refractivity contribution in [3.63, 3.8) is 0 Å². The molecule has 232 valence electrons. The Labute approximate surface area is 251 Å². The van der Waals surface area contributed by atoms with Crippen molar-refractivity contribution in [3.8, 4) is 35.1 Å². The molecular formula is C28H30N6O10. The quantitative estimate of drug-likeness (QED) is 0.0990. The molecule has 2 amide bonds. The Morgan fingerprint density at radius 2 is 1.00 bits per heavy atom. The van der Waals surface area contributed by atoms with E-state index in [1.54, 1.807) is 39.8 Å². The average molecular weight is 611 g/mol. The van der Waals surface area contributed by atoms with Crippen LogP contribution >= 0.6 is 0 Å². The molecule has 0 aliphatic rings. The van der Waals surface area contributed by atoms with Crippen molar-refractivity contribution in [2.24, 2.45) is 0 Å². The summed E-state index contributed by atoms with van der Waals surface area (Å²) in [5.41, 5.74) is -1.72. The van der Waals surface area contributed by atoms with E-state index >= 15 is 0 Å². The SMILES string of the molecule is CCN(CC)C(=O)/C(C#N)=C/c1cc(O)c(O)c([N+](=O)[O-])c1.CCN(CC)C(=O)C(C#N)=Cc1cc(O)c(O)c([N+](=O)[O-])c1. The van der Waals surface area contributed by atoms with E-state index < -0.39 is 56.0 Å². The number of likely N-dealkylation sites (N-methyl/N-ethyl adjacent to an activating group) is 2. The lowest BCUT2D eigenvalue weighted by Crippen LogP contribution is -2.31. The Bertz CT molecular complexity index is 1460. The van der Waals surface area contributed by atoms with E-state index in [0.29, 0.717) is 26.2 Å². The van der Waals surface area contributed by atoms with Crippen LogP contribution in [0.4, 0.5) is 11.4 Å². The molecular weight excluding hydrogens is 580 g/mol. The fourth-order valence-corrected chi connectivity index (χ4v) is 3.68. The summed E-state index contributed by atoms with van der Waals surface area (Å²) in [6.07, 6.45) is 2.26. The molecule has 0 unspecified atom stereocenters. The molecule has 0 heterocycles. The van der Waals surface area contributed by atoms with Gasteiger partial charge in [-0.3, -0.25) is 29.8 Å². The molecule has 2 rings (SSSR count). The fourth-order valence-electron chi connectivity index (χ4n) is 3.68. The number of phenolic OH excluding ortho intramolecular Hbond substituents is 4. The van der Waals surface area contributed by atoms with Crippen LogP contribution in [0, 0.1) is 42.9 Å². The number of nitro groups is 2. The van der Waals surface area contributed by atoms with Gasteiger partial charge in [-0.25, -0.2) is 0 Å². The molecule has 0 fully saturated rings. The number of hydrogen-bond donors (Lipinski definition) is 4. The maximum Gasteiger partial charge on any atom is 0.315 e. The number of nitro benzene ring substituents is 2. The van der Waals surface area contributed by atoms with Gasteiger partial charge < -0.3 is 30.2 Å². The van der Waals surface area contributed by atoms with Gasteiger partial charge in [0.15, 0.2) is 11.5 Å². The zero-order chi connectivity index (χ0) is 33.7. The molecule has 0 radical (unpaired) electrons. The van der Waals surface area contributed by atoms with Crippen molar-refractivity contribution >= 4 is 35.3 Å². The van der Waals surface area contributed by atoms with Crippen molar-refractivity contribution < 1.29 is 39.9 Å². The Balaban J connectivity index is 0.000000440. The van der Waals surface area contributed by atoms with Crippen LogP contribution in [0.3, 0.4) is 0 Å². The van der Waals surface area contributed by atoms with Crippen LogP contribution in [-0.2, 0) is 9.59 Å². The van der Waals surface area contributed by atoms with Gasteiger partial charge in [0.05, 0.1) is 9.85 Å². The third-order valence-electron chi connectivity index (χ3n) is 6.00. The molecule has 16 heteroatoms. The first-order valence-corrected chi connectivity index (χ1v) is 12.9. The Kier molecular flexibility index (Phi) is 13.3. The summed E-state index contributed by atoms with van der Waals surface area (Å²) in [7, 11) is 0. The minimum absolute atomic E-state index is 0.0686. The number of amides is 2. The van der Waals surface area contributed by atoms with E-state index in [-0.39, 0.29) is 22.3 Å². The zero-order valence-corrected chi connectivity index (χ0v) is 24.2. The van der Waals surface area contributed by atoms with E-state index in [4.69, 9.17) is 10.5 Å². The molecule has 0 saturated carbocycles. The summed E-state index contributed by atoms with van der Waals surface area (Å²) < 4.78 is 0. The molecule has 0 saturated heterocycles. The van der Waals surface area contributed by atoms with Gasteiger partial charge in [0.2, 0.25) is 11.5 Å². The topological polar surface area (TPSA) is 255 Å². The van der Waals surface area contributed by atoms with Crippen LogP contribution in [-0.4, -0.2) is 78.1 Å². The van der Waals surface area contributed by atoms with Gasteiger partial charge in [-0.2, -0.15) is 10.5 Å². The van der Waals surface area contributed by atoms with Crippen molar-refractivity contribution in [2.45, 2.75) is 27.7 Å². The zero-order valence-electron chi connectivity index (χ0n) is 24.2. The molecule has 0 atom stereocenters. The van der Waals surface area contributed by atoms with E-state index in [9.17, 15) is 50.2 Å². The minimum Gasteiger partial charge on any atom is -0.504 e. The highest BCUT2D eigenvalue weighted by Gasteiger charge is 2.22. The summed E-state index contributed by atoms with van der Waals surface area (Å²) in [5.74, 6) is -4.15. The molecule has 0 aliphatic heterocycles. The Morgan fingerprint density at radius 1 is 0.705 bits per heavy atom. The number of nitriles is 2. The van der Waals surface area contributed by atoms with Crippen LogP contribution in [0.5, 0.6) is 23.0 Å². The second-order valence-electron chi connectivity index (χ2n) is 8.62. The van der Waals surface area contributed by atoms with E-state index in [1.165, 1.54) is 9.80 Å². The van der Waals surface area contributed by atoms with E-state index in [1.807, 2.05) is 0 Å². The van der Waals surface area contributed by atoms with Crippen molar-refractivity contribution in [3.05, 3.63) is 66.8 Å². The number of carbonyl (C=O) groups excluding carboxylic acids is 2. The molecule has 0 aliphatic carbocycles. The second kappa shape index (κ2) is 16.3. The third kappa shape index (κ3) is 8.92. The number of hydrogen-bond acceptors (Lipinski definition) is 12. The average Bonchev–Trinajstić information content (AvgIpc) is 2.98. The van der Waals surface area contributed by atoms with Crippen LogP contribution in [0.2, 0.25) is 0 Å². The first-order valence-electron chi connectivity index (χ1n) is 12.9. The molecule has 0 aromatic heterocycles. The molecule has 0 bridgehead atoms. The maximum atomic E-state index is 12.1. The van der Waals surface area contributed by atoms with Crippen LogP contribution in [0.25, 0.3) is 12.2 Å². The number of carbonyl (C=O) groups is 2. The van der Waals surface area contributed by atoms with Gasteiger partial charge in [-0.05, 0) is 63.1 Å². The molecule has 16 nitrogen and oxygen atoms in total. The van der Waals surface area contributed by atoms with E-state index in [2.05, 4.69) is 0 Å². The molecule has 0 spiro atoms. The number of rotatable bonds is 10. The smallest absolute Gasteiger partial charge is 0.315 e. The highest BCUT2D eigenvalue weighted by molar-refractivity contribution is 6.02. The largest absolute Gasteiger partial charge is 0.504 e. The number of aromatic hydroxyl groups is 4. The monoisotopic (exact) mass is 610 g/mol. The van der Waals surface area contributed by atoms with Crippen LogP contribution < -0.4 is 0 Å². The summed E-state index contributed by atoms with van der Waals surface area (Å²) in [6, 6.07) is 7.50. The normalized spacial score (nSPS) is 10.9. The highest BCUT2D eigenvalue weighted by atomic mass is 16.6. The van der Waals surface area contributed by atoms with Crippen LogP contribution in [0.15, 0.2) is 35.4 Å². The summed E-state index contributed by atoms with van der Waals surface area (Å²) >= 11 is 0. The number of nitrogens with zero attached hydrogens (tertiary/aromatic N) is 6. The van der Waals surface area contributed by atoms with E-state index in [0.717, 1.165) is 36.4 Å². The van der Waals surface area contributed by atoms with Crippen molar-refractivity contribution in [2.75, 3.05) is 26.2 Å². The van der Waals surface area contributed by atoms with Gasteiger partial charge in [0.25, 0.3) is 11.8 Å². The predicted octanol–water partition coefficient (Wildman–Crippen LogP) is 3.56. The van der Waals surface area contributed by atoms with Gasteiger partial charge in [-0.15, -0.1) is 0 Å². The fraction of sp³-hybridized carbons (Fsp3) is 0.286. The third-order valence-corrected chi connectivity index (χ3v) is 6.00. The molecule has 44 heavy (non-hydrogen) atoms. The highest BCUT2D eigenvalue weighted by Crippen LogP contribution is 2.37. The minimum atomic E-state index is -0.870. The van der Waals surface area contributed by atoms with Crippen molar-refractivity contribution in [1.82, 2.24) is 9.80 Å². The maximum absolute atomic E-state index is 12.1. The first kappa shape index (κ1) is 35.9. The molecule has 2 aromatic carbocycles. The number of benzene rings is 2. The first-order chi connectivity index (χ1) is 20.7. The molecule has 4 N–H and O–H groups in total. The number of phenols is 4. The van der Waals surface area contributed by atoms with Crippen molar-refractivity contribution in [1.29, 1.82) is 10.5 Å². The second-order valence-corrected chi connectivity index (χ2v) is 8.62. The lowest BCUT2D eigenvalue weighted by Gasteiger charge is -2.17. The lowest BCUT2D eigenvalue weighted by atomic mass is 10.1. The van der Waals surface area contributed by atoms with Crippen LogP contribution in [0.1, 0.15) is 38.8 Å². The van der Waals surface area contributed by atoms with Gasteiger partial charge in [0, 0.05) is 38.3 Å². The van der Waals surface area contributed by atoms with Gasteiger partial charge >= 0.3 is 11.4 Å². The predicted molar refractivity (Wildman–Crippen MR) is 156 cm³/mol. The standard InChI is InChI=1S/2C14H15N3O5/c2*1-3-16(4-2)14(20)10(8-15)5-9-6-11(17(21)22)13(19)12(18)7-9/h2*5-7,18-19H,3-4H2,1-2H3/b10-5+;. The van der Waals surface area contributed by atoms with Gasteiger partial charge in [-0.1, -0.05) is 0 Å². The summed E-state index contributed by atoms with van der Waals surface area (Å²) in [4.78, 5) is 46.9. The lowest BCUT2D eigenvalue weighted by molar-refractivity contribution is -0.386. The Hall–Kier alpha value is -6.16. The Morgan fingerprint density at radius 3 is 1.23 bits per heavy atom. The van der Waals surface area contributed by atoms with Gasteiger partial charge in [0.1, 0.15) is 23.3 Å². The summed E-state index contributed by atoms with van der Waals surface area (Å²) in [5, 5.41) is 77.6. The summed E-state index contributed by atoms with van der Waals surface area (Å²) in [6.45, 7) is 8.68.